The first-order valence-corrected chi connectivity index (χ1v) is 8.22. The highest BCUT2D eigenvalue weighted by Gasteiger charge is 2.26. The molecule has 1 aromatic rings. The summed E-state index contributed by atoms with van der Waals surface area (Å²) in [6.45, 7) is 7.71. The number of aromatic nitrogens is 1. The number of pyridine rings is 1. The molecule has 0 saturated heterocycles. The topological polar surface area (TPSA) is 79.3 Å². The molecule has 0 spiro atoms. The summed E-state index contributed by atoms with van der Waals surface area (Å²) in [6, 6.07) is 1.27. The summed E-state index contributed by atoms with van der Waals surface area (Å²) in [7, 11) is -3.63. The van der Waals surface area contributed by atoms with Gasteiger partial charge in [0.1, 0.15) is 4.90 Å². The van der Waals surface area contributed by atoms with E-state index in [0.717, 1.165) is 0 Å². The second-order valence-corrected chi connectivity index (χ2v) is 7.61. The minimum Gasteiger partial charge on any atom is -0.395 e. The molecule has 0 radical (unpaired) electrons. The summed E-state index contributed by atoms with van der Waals surface area (Å²) in [5, 5.41) is 8.68. The van der Waals surface area contributed by atoms with Crippen molar-refractivity contribution in [3.8, 4) is 11.8 Å². The van der Waals surface area contributed by atoms with Crippen molar-refractivity contribution in [1.82, 2.24) is 9.71 Å². The molecule has 1 heterocycles. The lowest BCUT2D eigenvalue weighted by atomic mass is 9.89. The van der Waals surface area contributed by atoms with Crippen molar-refractivity contribution in [1.29, 1.82) is 0 Å². The maximum absolute atomic E-state index is 12.3. The molecule has 1 atom stereocenters. The zero-order chi connectivity index (χ0) is 16.1. The van der Waals surface area contributed by atoms with E-state index < -0.39 is 10.0 Å². The van der Waals surface area contributed by atoms with E-state index in [4.69, 9.17) is 5.11 Å². The molecule has 0 amide bonds. The SMILES string of the molecule is CC(NS(=O)(=O)c1cncc(C#CCCO)c1)C(C)(C)C. The zero-order valence-corrected chi connectivity index (χ0v) is 13.7. The van der Waals surface area contributed by atoms with Crippen molar-refractivity contribution in [2.45, 2.75) is 45.1 Å². The van der Waals surface area contributed by atoms with Gasteiger partial charge in [-0.2, -0.15) is 0 Å². The van der Waals surface area contributed by atoms with E-state index in [0.29, 0.717) is 12.0 Å². The van der Waals surface area contributed by atoms with E-state index in [-0.39, 0.29) is 23.0 Å². The molecule has 5 nitrogen and oxygen atoms in total. The lowest BCUT2D eigenvalue weighted by Gasteiger charge is -2.27. The van der Waals surface area contributed by atoms with Crippen LogP contribution in [-0.2, 0) is 10.0 Å². The van der Waals surface area contributed by atoms with Gasteiger partial charge in [-0.3, -0.25) is 4.98 Å². The van der Waals surface area contributed by atoms with Crippen LogP contribution in [0.25, 0.3) is 0 Å². The number of aliphatic hydroxyl groups excluding tert-OH is 1. The second kappa shape index (κ2) is 7.03. The standard InChI is InChI=1S/C15H22N2O3S/c1-12(15(2,3)4)17-21(19,20)14-9-13(10-16-11-14)7-5-6-8-18/h9-12,17-18H,6,8H2,1-4H3. The predicted molar refractivity (Wildman–Crippen MR) is 82.1 cm³/mol. The van der Waals surface area contributed by atoms with Gasteiger partial charge in [0.05, 0.1) is 6.61 Å². The van der Waals surface area contributed by atoms with Crippen molar-refractivity contribution in [3.05, 3.63) is 24.0 Å². The largest absolute Gasteiger partial charge is 0.395 e. The van der Waals surface area contributed by atoms with Gasteiger partial charge in [-0.25, -0.2) is 13.1 Å². The third-order valence-corrected chi connectivity index (χ3v) is 4.63. The third kappa shape index (κ3) is 5.46. The molecule has 0 aliphatic rings. The smallest absolute Gasteiger partial charge is 0.242 e. The number of nitrogens with one attached hydrogen (secondary N) is 1. The Labute approximate surface area is 126 Å². The highest BCUT2D eigenvalue weighted by molar-refractivity contribution is 7.89. The van der Waals surface area contributed by atoms with Crippen molar-refractivity contribution >= 4 is 10.0 Å². The average molecular weight is 310 g/mol. The fourth-order valence-electron chi connectivity index (χ4n) is 1.33. The molecular formula is C15H22N2O3S. The first-order valence-electron chi connectivity index (χ1n) is 6.74. The van der Waals surface area contributed by atoms with Crippen LogP contribution in [0.4, 0.5) is 0 Å². The summed E-state index contributed by atoms with van der Waals surface area (Å²) in [5.74, 6) is 5.52. The van der Waals surface area contributed by atoms with Crippen LogP contribution >= 0.6 is 0 Å². The Morgan fingerprint density at radius 3 is 2.62 bits per heavy atom. The molecule has 1 unspecified atom stereocenters. The monoisotopic (exact) mass is 310 g/mol. The minimum absolute atomic E-state index is 0.0247. The summed E-state index contributed by atoms with van der Waals surface area (Å²) < 4.78 is 27.3. The van der Waals surface area contributed by atoms with E-state index in [1.165, 1.54) is 18.5 Å². The minimum atomic E-state index is -3.63. The third-order valence-electron chi connectivity index (χ3n) is 3.12. The predicted octanol–water partition coefficient (Wildman–Crippen LogP) is 1.53. The van der Waals surface area contributed by atoms with Crippen LogP contribution in [0.1, 0.15) is 39.7 Å². The molecule has 0 aromatic carbocycles. The number of hydrogen-bond donors (Lipinski definition) is 2. The van der Waals surface area contributed by atoms with E-state index in [9.17, 15) is 8.42 Å². The Morgan fingerprint density at radius 2 is 2.05 bits per heavy atom. The number of rotatable bonds is 4. The van der Waals surface area contributed by atoms with Crippen LogP contribution in [0.2, 0.25) is 0 Å². The van der Waals surface area contributed by atoms with Gasteiger partial charge in [-0.15, -0.1) is 0 Å². The molecule has 0 bridgehead atoms. The summed E-state index contributed by atoms with van der Waals surface area (Å²) >= 11 is 0. The van der Waals surface area contributed by atoms with Gasteiger partial charge in [-0.1, -0.05) is 32.6 Å². The molecular weight excluding hydrogens is 288 g/mol. The van der Waals surface area contributed by atoms with Crippen LogP contribution in [0.15, 0.2) is 23.4 Å². The van der Waals surface area contributed by atoms with Crippen LogP contribution in [-0.4, -0.2) is 31.2 Å². The molecule has 21 heavy (non-hydrogen) atoms. The van der Waals surface area contributed by atoms with E-state index >= 15 is 0 Å². The molecule has 0 aliphatic carbocycles. The van der Waals surface area contributed by atoms with Crippen LogP contribution in [0.3, 0.4) is 0 Å². The molecule has 2 N–H and O–H groups in total. The molecule has 0 saturated carbocycles. The molecule has 1 aromatic heterocycles. The fourth-order valence-corrected chi connectivity index (χ4v) is 2.77. The van der Waals surface area contributed by atoms with Gasteiger partial charge >= 0.3 is 0 Å². The number of sulfonamides is 1. The summed E-state index contributed by atoms with van der Waals surface area (Å²) in [5.41, 5.74) is 0.328. The van der Waals surface area contributed by atoms with Gasteiger partial charge in [0.25, 0.3) is 0 Å². The van der Waals surface area contributed by atoms with Crippen molar-refractivity contribution in [3.63, 3.8) is 0 Å². The number of aliphatic hydroxyl groups is 1. The highest BCUT2D eigenvalue weighted by atomic mass is 32.2. The van der Waals surface area contributed by atoms with E-state index in [1.54, 1.807) is 0 Å². The Balaban J connectivity index is 3.00. The number of nitrogens with zero attached hydrogens (tertiary/aromatic N) is 1. The first kappa shape index (κ1) is 17.6. The normalized spacial score (nSPS) is 13.4. The average Bonchev–Trinajstić information content (AvgIpc) is 2.38. The lowest BCUT2D eigenvalue weighted by molar-refractivity contribution is 0.305. The molecule has 1 rings (SSSR count). The van der Waals surface area contributed by atoms with Gasteiger partial charge < -0.3 is 5.11 Å². The maximum Gasteiger partial charge on any atom is 0.242 e. The Morgan fingerprint density at radius 1 is 1.38 bits per heavy atom. The van der Waals surface area contributed by atoms with Crippen molar-refractivity contribution < 1.29 is 13.5 Å². The lowest BCUT2D eigenvalue weighted by Crippen LogP contribution is -2.41. The van der Waals surface area contributed by atoms with Crippen LogP contribution in [0, 0.1) is 17.3 Å². The molecule has 6 heteroatoms. The van der Waals surface area contributed by atoms with Crippen molar-refractivity contribution in [2.75, 3.05) is 6.61 Å². The Kier molecular flexibility index (Phi) is 5.90. The quantitative estimate of drug-likeness (QED) is 0.827. The molecule has 0 fully saturated rings. The molecule has 116 valence electrons. The van der Waals surface area contributed by atoms with Gasteiger partial charge in [0.2, 0.25) is 10.0 Å². The maximum atomic E-state index is 12.3. The summed E-state index contributed by atoms with van der Waals surface area (Å²) in [4.78, 5) is 4.01. The van der Waals surface area contributed by atoms with E-state index in [1.807, 2.05) is 27.7 Å². The first-order chi connectivity index (χ1) is 9.66. The van der Waals surface area contributed by atoms with Crippen LogP contribution < -0.4 is 4.72 Å². The van der Waals surface area contributed by atoms with Gasteiger partial charge in [-0.05, 0) is 18.4 Å². The van der Waals surface area contributed by atoms with Crippen molar-refractivity contribution in [2.24, 2.45) is 5.41 Å². The van der Waals surface area contributed by atoms with E-state index in [2.05, 4.69) is 21.5 Å². The molecule has 0 aliphatic heterocycles. The Hall–Kier alpha value is -1.42. The number of hydrogen-bond acceptors (Lipinski definition) is 4. The van der Waals surface area contributed by atoms with Gasteiger partial charge in [0.15, 0.2) is 0 Å². The highest BCUT2D eigenvalue weighted by Crippen LogP contribution is 2.21. The second-order valence-electron chi connectivity index (χ2n) is 5.89. The fraction of sp³-hybridized carbons (Fsp3) is 0.533. The zero-order valence-electron chi connectivity index (χ0n) is 12.8. The van der Waals surface area contributed by atoms with Crippen LogP contribution in [0.5, 0.6) is 0 Å². The van der Waals surface area contributed by atoms with Gasteiger partial charge in [0, 0.05) is 30.4 Å². The summed E-state index contributed by atoms with van der Waals surface area (Å²) in [6.07, 6.45) is 3.14. The Bertz CT molecular complexity index is 637.